The molecule has 5 nitrogen and oxygen atoms in total. The van der Waals surface area contributed by atoms with Gasteiger partial charge in [0.1, 0.15) is 12.1 Å². The van der Waals surface area contributed by atoms with Crippen LogP contribution < -0.4 is 10.6 Å². The van der Waals surface area contributed by atoms with Gasteiger partial charge in [0.15, 0.2) is 0 Å². The Labute approximate surface area is 111 Å². The Hall–Kier alpha value is -2.37. The molecular weight excluding hydrogens is 240 g/mol. The highest BCUT2D eigenvalue weighted by Crippen LogP contribution is 2.16. The number of hydrogen-bond acceptors (Lipinski definition) is 4. The molecule has 1 aromatic carbocycles. The van der Waals surface area contributed by atoms with Crippen molar-refractivity contribution in [3.8, 4) is 12.1 Å². The summed E-state index contributed by atoms with van der Waals surface area (Å²) >= 11 is 0. The quantitative estimate of drug-likeness (QED) is 0.837. The maximum absolute atomic E-state index is 12.0. The lowest BCUT2D eigenvalue weighted by Crippen LogP contribution is -2.43. The number of amides is 1. The van der Waals surface area contributed by atoms with Crippen molar-refractivity contribution in [3.05, 3.63) is 29.3 Å². The molecule has 1 saturated heterocycles. The molecule has 96 valence electrons. The van der Waals surface area contributed by atoms with Gasteiger partial charge < -0.3 is 10.6 Å². The van der Waals surface area contributed by atoms with Crippen LogP contribution in [0.2, 0.25) is 0 Å². The normalized spacial score (nSPS) is 18.1. The summed E-state index contributed by atoms with van der Waals surface area (Å²) < 4.78 is 0. The van der Waals surface area contributed by atoms with Gasteiger partial charge in [0.05, 0.1) is 17.2 Å². The molecule has 2 rings (SSSR count). The first-order valence-corrected chi connectivity index (χ1v) is 6.23. The van der Waals surface area contributed by atoms with Crippen LogP contribution in [0.5, 0.6) is 0 Å². The molecule has 5 heteroatoms. The summed E-state index contributed by atoms with van der Waals surface area (Å²) in [5.74, 6) is -0.0895. The van der Waals surface area contributed by atoms with Gasteiger partial charge in [-0.2, -0.15) is 10.5 Å². The van der Waals surface area contributed by atoms with Crippen LogP contribution in [0.4, 0.5) is 5.69 Å². The lowest BCUT2D eigenvalue weighted by molar-refractivity contribution is -0.118. The maximum atomic E-state index is 12.0. The van der Waals surface area contributed by atoms with E-state index in [0.717, 1.165) is 25.8 Å². The van der Waals surface area contributed by atoms with E-state index in [1.54, 1.807) is 12.1 Å². The molecule has 19 heavy (non-hydrogen) atoms. The van der Waals surface area contributed by atoms with E-state index < -0.39 is 0 Å². The van der Waals surface area contributed by atoms with Gasteiger partial charge in [-0.1, -0.05) is 6.42 Å². The van der Waals surface area contributed by atoms with Gasteiger partial charge in [-0.15, -0.1) is 0 Å². The first kappa shape index (κ1) is 13.1. The second-order valence-electron chi connectivity index (χ2n) is 4.48. The third-order valence-electron chi connectivity index (χ3n) is 3.15. The highest BCUT2D eigenvalue weighted by atomic mass is 16.2. The van der Waals surface area contributed by atoms with Crippen LogP contribution in [0.1, 0.15) is 30.4 Å². The fraction of sp³-hybridized carbons (Fsp3) is 0.357. The molecule has 1 aliphatic rings. The van der Waals surface area contributed by atoms with Crippen molar-refractivity contribution < 1.29 is 4.79 Å². The van der Waals surface area contributed by atoms with E-state index in [2.05, 4.69) is 10.6 Å². The molecule has 0 radical (unpaired) electrons. The van der Waals surface area contributed by atoms with Crippen molar-refractivity contribution >= 4 is 11.6 Å². The lowest BCUT2D eigenvalue weighted by Gasteiger charge is -2.22. The van der Waals surface area contributed by atoms with Gasteiger partial charge >= 0.3 is 0 Å². The van der Waals surface area contributed by atoms with E-state index in [4.69, 9.17) is 10.5 Å². The minimum Gasteiger partial charge on any atom is -0.325 e. The third kappa shape index (κ3) is 3.09. The SMILES string of the molecule is N#Cc1ccc(NC(=O)[C@H]2CCCCN2)cc1C#N. The molecule has 2 N–H and O–H groups in total. The second kappa shape index (κ2) is 5.99. The summed E-state index contributed by atoms with van der Waals surface area (Å²) in [5.41, 5.74) is 1.14. The van der Waals surface area contributed by atoms with Crippen LogP contribution >= 0.6 is 0 Å². The Morgan fingerprint density at radius 2 is 2.05 bits per heavy atom. The van der Waals surface area contributed by atoms with Crippen LogP contribution in [0, 0.1) is 22.7 Å². The number of nitrogens with zero attached hydrogens (tertiary/aromatic N) is 2. The molecule has 0 spiro atoms. The Bertz CT molecular complexity index is 562. The highest BCUT2D eigenvalue weighted by Gasteiger charge is 2.20. The monoisotopic (exact) mass is 254 g/mol. The fourth-order valence-corrected chi connectivity index (χ4v) is 2.12. The smallest absolute Gasteiger partial charge is 0.241 e. The summed E-state index contributed by atoms with van der Waals surface area (Å²) in [4.78, 5) is 12.0. The summed E-state index contributed by atoms with van der Waals surface area (Å²) in [5, 5.41) is 23.7. The largest absolute Gasteiger partial charge is 0.325 e. The predicted molar refractivity (Wildman–Crippen MR) is 70.1 cm³/mol. The van der Waals surface area contributed by atoms with Crippen molar-refractivity contribution in [2.75, 3.05) is 11.9 Å². The van der Waals surface area contributed by atoms with Crippen molar-refractivity contribution in [3.63, 3.8) is 0 Å². The van der Waals surface area contributed by atoms with Gasteiger partial charge in [0, 0.05) is 5.69 Å². The Morgan fingerprint density at radius 3 is 2.68 bits per heavy atom. The topological polar surface area (TPSA) is 88.7 Å². The van der Waals surface area contributed by atoms with Crippen LogP contribution in [0.25, 0.3) is 0 Å². The maximum Gasteiger partial charge on any atom is 0.241 e. The number of carbonyl (C=O) groups excluding carboxylic acids is 1. The molecule has 0 saturated carbocycles. The van der Waals surface area contributed by atoms with Crippen molar-refractivity contribution in [1.82, 2.24) is 5.32 Å². The van der Waals surface area contributed by atoms with Crippen molar-refractivity contribution in [2.24, 2.45) is 0 Å². The average Bonchev–Trinajstić information content (AvgIpc) is 2.48. The average molecular weight is 254 g/mol. The minimum absolute atomic E-state index is 0.0895. The molecule has 0 aromatic heterocycles. The van der Waals surface area contributed by atoms with Crippen LogP contribution in [-0.4, -0.2) is 18.5 Å². The first-order valence-electron chi connectivity index (χ1n) is 6.23. The Balaban J connectivity index is 2.09. The molecule has 1 amide bonds. The van der Waals surface area contributed by atoms with E-state index in [1.165, 1.54) is 6.07 Å². The van der Waals surface area contributed by atoms with E-state index in [1.807, 2.05) is 12.1 Å². The zero-order valence-electron chi connectivity index (χ0n) is 10.4. The molecule has 0 unspecified atom stereocenters. The number of anilines is 1. The van der Waals surface area contributed by atoms with Crippen LogP contribution in [-0.2, 0) is 4.79 Å². The molecule has 1 heterocycles. The van der Waals surface area contributed by atoms with E-state index >= 15 is 0 Å². The molecule has 1 atom stereocenters. The number of nitriles is 2. The third-order valence-corrected chi connectivity index (χ3v) is 3.15. The van der Waals surface area contributed by atoms with Gasteiger partial charge in [-0.3, -0.25) is 4.79 Å². The van der Waals surface area contributed by atoms with Crippen LogP contribution in [0.15, 0.2) is 18.2 Å². The predicted octanol–water partition coefficient (Wildman–Crippen LogP) is 1.51. The molecule has 1 aromatic rings. The fourth-order valence-electron chi connectivity index (χ4n) is 2.12. The number of nitrogens with one attached hydrogen (secondary N) is 2. The first-order chi connectivity index (χ1) is 9.24. The van der Waals surface area contributed by atoms with Gasteiger partial charge in [0.2, 0.25) is 5.91 Å². The molecule has 0 aliphatic carbocycles. The highest BCUT2D eigenvalue weighted by molar-refractivity contribution is 5.95. The Kier molecular flexibility index (Phi) is 4.12. The lowest BCUT2D eigenvalue weighted by atomic mass is 10.0. The van der Waals surface area contributed by atoms with E-state index in [0.29, 0.717) is 11.3 Å². The van der Waals surface area contributed by atoms with Crippen LogP contribution in [0.3, 0.4) is 0 Å². The molecule has 1 fully saturated rings. The number of benzene rings is 1. The zero-order chi connectivity index (χ0) is 13.7. The van der Waals surface area contributed by atoms with Gasteiger partial charge in [-0.05, 0) is 37.6 Å². The van der Waals surface area contributed by atoms with Crippen molar-refractivity contribution in [2.45, 2.75) is 25.3 Å². The van der Waals surface area contributed by atoms with E-state index in [9.17, 15) is 4.79 Å². The number of carbonyl (C=O) groups is 1. The van der Waals surface area contributed by atoms with Gasteiger partial charge in [-0.25, -0.2) is 0 Å². The summed E-state index contributed by atoms with van der Waals surface area (Å²) in [6.07, 6.45) is 2.97. The summed E-state index contributed by atoms with van der Waals surface area (Å²) in [6, 6.07) is 8.43. The second-order valence-corrected chi connectivity index (χ2v) is 4.48. The number of rotatable bonds is 2. The summed E-state index contributed by atoms with van der Waals surface area (Å²) in [6.45, 7) is 0.856. The Morgan fingerprint density at radius 1 is 1.26 bits per heavy atom. The summed E-state index contributed by atoms with van der Waals surface area (Å²) in [7, 11) is 0. The zero-order valence-corrected chi connectivity index (χ0v) is 10.4. The standard InChI is InChI=1S/C14H14N4O/c15-8-10-4-5-12(7-11(10)9-16)18-14(19)13-3-1-2-6-17-13/h4-5,7,13,17H,1-3,6H2,(H,18,19)/t13-/m1/s1. The molecule has 0 bridgehead atoms. The van der Waals surface area contributed by atoms with Gasteiger partial charge in [0.25, 0.3) is 0 Å². The minimum atomic E-state index is -0.171. The number of hydrogen-bond donors (Lipinski definition) is 2. The van der Waals surface area contributed by atoms with E-state index in [-0.39, 0.29) is 17.5 Å². The molecular formula is C14H14N4O. The van der Waals surface area contributed by atoms with Crippen molar-refractivity contribution in [1.29, 1.82) is 10.5 Å². The number of piperidine rings is 1. The molecule has 1 aliphatic heterocycles.